The lowest BCUT2D eigenvalue weighted by molar-refractivity contribution is 0.434. The van der Waals surface area contributed by atoms with Crippen LogP contribution in [0.2, 0.25) is 0 Å². The van der Waals surface area contributed by atoms with Crippen LogP contribution in [0.25, 0.3) is 11.0 Å². The van der Waals surface area contributed by atoms with Crippen molar-refractivity contribution in [2.24, 2.45) is 0 Å². The van der Waals surface area contributed by atoms with E-state index in [4.69, 9.17) is 13.9 Å². The van der Waals surface area contributed by atoms with Gasteiger partial charge in [0.25, 0.3) is 0 Å². The fourth-order valence-electron chi connectivity index (χ4n) is 2.91. The van der Waals surface area contributed by atoms with Crippen LogP contribution in [0.15, 0.2) is 63.8 Å². The van der Waals surface area contributed by atoms with Crippen molar-refractivity contribution in [2.45, 2.75) is 20.8 Å². The van der Waals surface area contributed by atoms with Crippen LogP contribution in [0.5, 0.6) is 23.1 Å². The maximum absolute atomic E-state index is 12.9. The molecule has 2 aromatic heterocycles. The van der Waals surface area contributed by atoms with Crippen molar-refractivity contribution in [3.8, 4) is 23.1 Å². The highest BCUT2D eigenvalue weighted by atomic mass is 16.5. The van der Waals surface area contributed by atoms with Crippen LogP contribution in [0.3, 0.4) is 0 Å². The van der Waals surface area contributed by atoms with E-state index in [0.717, 1.165) is 5.69 Å². The van der Waals surface area contributed by atoms with Crippen LogP contribution < -0.4 is 14.9 Å². The molecule has 0 aliphatic carbocycles. The molecule has 4 rings (SSSR count). The molecule has 0 bridgehead atoms. The summed E-state index contributed by atoms with van der Waals surface area (Å²) in [4.78, 5) is 21.4. The van der Waals surface area contributed by atoms with Gasteiger partial charge in [-0.15, -0.1) is 0 Å². The maximum atomic E-state index is 12.9. The number of aryl methyl sites for hydroxylation is 3. The van der Waals surface area contributed by atoms with Crippen molar-refractivity contribution in [1.82, 2.24) is 9.97 Å². The maximum Gasteiger partial charge on any atom is 0.235 e. The van der Waals surface area contributed by atoms with Gasteiger partial charge in [0.15, 0.2) is 0 Å². The zero-order valence-electron chi connectivity index (χ0n) is 15.7. The fourth-order valence-corrected chi connectivity index (χ4v) is 2.91. The summed E-state index contributed by atoms with van der Waals surface area (Å²) >= 11 is 0. The molecule has 140 valence electrons. The second-order valence-corrected chi connectivity index (χ2v) is 6.39. The minimum absolute atomic E-state index is 0.175. The molecular weight excluding hydrogens is 356 g/mol. The Morgan fingerprint density at radius 1 is 0.857 bits per heavy atom. The number of nitrogens with zero attached hydrogens (tertiary/aromatic N) is 2. The summed E-state index contributed by atoms with van der Waals surface area (Å²) in [6.07, 6.45) is 0. The van der Waals surface area contributed by atoms with Gasteiger partial charge in [0.05, 0.1) is 5.39 Å². The Morgan fingerprint density at radius 2 is 1.64 bits per heavy atom. The van der Waals surface area contributed by atoms with Gasteiger partial charge in [-0.1, -0.05) is 18.2 Å². The third kappa shape index (κ3) is 3.57. The first kappa shape index (κ1) is 17.7. The van der Waals surface area contributed by atoms with E-state index in [9.17, 15) is 4.79 Å². The fraction of sp³-hybridized carbons (Fsp3) is 0.136. The number of ether oxygens (including phenoxy) is 2. The normalized spacial score (nSPS) is 10.8. The van der Waals surface area contributed by atoms with Gasteiger partial charge in [0.2, 0.25) is 17.1 Å². The van der Waals surface area contributed by atoms with Gasteiger partial charge in [0.1, 0.15) is 28.7 Å². The van der Waals surface area contributed by atoms with E-state index >= 15 is 0 Å². The first-order chi connectivity index (χ1) is 13.5. The van der Waals surface area contributed by atoms with Crippen LogP contribution >= 0.6 is 0 Å². The zero-order chi connectivity index (χ0) is 19.7. The molecule has 2 heterocycles. The highest BCUT2D eigenvalue weighted by Crippen LogP contribution is 2.28. The average Bonchev–Trinajstić information content (AvgIpc) is 2.65. The van der Waals surface area contributed by atoms with Crippen molar-refractivity contribution in [2.75, 3.05) is 0 Å². The second-order valence-electron chi connectivity index (χ2n) is 6.39. The largest absolute Gasteiger partial charge is 0.457 e. The smallest absolute Gasteiger partial charge is 0.235 e. The van der Waals surface area contributed by atoms with E-state index in [-0.39, 0.29) is 11.2 Å². The van der Waals surface area contributed by atoms with Crippen LogP contribution in [0.4, 0.5) is 0 Å². The van der Waals surface area contributed by atoms with Crippen LogP contribution in [0, 0.1) is 20.8 Å². The lowest BCUT2D eigenvalue weighted by Crippen LogP contribution is -2.07. The van der Waals surface area contributed by atoms with Gasteiger partial charge in [-0.2, -0.15) is 4.98 Å². The summed E-state index contributed by atoms with van der Waals surface area (Å²) in [6.45, 7) is 5.37. The number of benzene rings is 2. The van der Waals surface area contributed by atoms with E-state index in [1.54, 1.807) is 50.2 Å². The number of rotatable bonds is 4. The van der Waals surface area contributed by atoms with Crippen LogP contribution in [-0.4, -0.2) is 9.97 Å². The van der Waals surface area contributed by atoms with Crippen LogP contribution in [0.1, 0.15) is 17.3 Å². The van der Waals surface area contributed by atoms with Gasteiger partial charge < -0.3 is 13.9 Å². The Hall–Kier alpha value is -3.67. The summed E-state index contributed by atoms with van der Waals surface area (Å²) in [5.74, 6) is 2.73. The van der Waals surface area contributed by atoms with Crippen LogP contribution in [-0.2, 0) is 0 Å². The summed E-state index contributed by atoms with van der Waals surface area (Å²) in [5, 5.41) is 0.416. The molecule has 0 amide bonds. The topological polar surface area (TPSA) is 74.5 Å². The van der Waals surface area contributed by atoms with E-state index < -0.39 is 0 Å². The lowest BCUT2D eigenvalue weighted by atomic mass is 10.2. The monoisotopic (exact) mass is 374 g/mol. The first-order valence-corrected chi connectivity index (χ1v) is 8.80. The molecule has 0 saturated carbocycles. The number of aromatic nitrogens is 2. The predicted molar refractivity (Wildman–Crippen MR) is 105 cm³/mol. The van der Waals surface area contributed by atoms with E-state index in [0.29, 0.717) is 39.9 Å². The SMILES string of the molecule is Cc1cc(Oc2ccc3c(=O)c(Oc4ccccc4)c(C)oc3c2)nc(C)n1. The minimum atomic E-state index is -0.233. The van der Waals surface area contributed by atoms with Gasteiger partial charge >= 0.3 is 0 Å². The summed E-state index contributed by atoms with van der Waals surface area (Å²) in [5.41, 5.74) is 0.999. The summed E-state index contributed by atoms with van der Waals surface area (Å²) in [7, 11) is 0. The Labute approximate surface area is 161 Å². The average molecular weight is 374 g/mol. The highest BCUT2D eigenvalue weighted by Gasteiger charge is 2.15. The molecule has 4 aromatic rings. The van der Waals surface area contributed by atoms with Crippen molar-refractivity contribution < 1.29 is 13.9 Å². The molecule has 0 N–H and O–H groups in total. The second kappa shape index (κ2) is 7.15. The Bertz CT molecular complexity index is 1200. The third-order valence-electron chi connectivity index (χ3n) is 4.11. The molecule has 0 atom stereocenters. The van der Waals surface area contributed by atoms with E-state index in [1.807, 2.05) is 25.1 Å². The molecule has 28 heavy (non-hydrogen) atoms. The van der Waals surface area contributed by atoms with Gasteiger partial charge in [0, 0.05) is 17.8 Å². The molecule has 6 nitrogen and oxygen atoms in total. The van der Waals surface area contributed by atoms with Crippen molar-refractivity contribution in [3.63, 3.8) is 0 Å². The van der Waals surface area contributed by atoms with Gasteiger partial charge in [-0.25, -0.2) is 4.98 Å². The van der Waals surface area contributed by atoms with Crippen molar-refractivity contribution in [1.29, 1.82) is 0 Å². The van der Waals surface area contributed by atoms with Crippen molar-refractivity contribution in [3.05, 3.63) is 82.1 Å². The molecule has 0 radical (unpaired) electrons. The zero-order valence-corrected chi connectivity index (χ0v) is 15.7. The Kier molecular flexibility index (Phi) is 4.53. The molecule has 0 saturated heterocycles. The molecule has 0 aliphatic heterocycles. The molecule has 6 heteroatoms. The first-order valence-electron chi connectivity index (χ1n) is 8.80. The summed E-state index contributed by atoms with van der Waals surface area (Å²) in [6, 6.07) is 15.9. The molecule has 2 aromatic carbocycles. The number of hydrogen-bond donors (Lipinski definition) is 0. The van der Waals surface area contributed by atoms with Gasteiger partial charge in [-0.3, -0.25) is 4.79 Å². The van der Waals surface area contributed by atoms with E-state index in [2.05, 4.69) is 9.97 Å². The molecule has 0 spiro atoms. The lowest BCUT2D eigenvalue weighted by Gasteiger charge is -2.10. The molecule has 0 aliphatic rings. The Balaban J connectivity index is 1.71. The Morgan fingerprint density at radius 3 is 2.39 bits per heavy atom. The number of fused-ring (bicyclic) bond motifs is 1. The molecule has 0 fully saturated rings. The van der Waals surface area contributed by atoms with E-state index in [1.165, 1.54) is 0 Å². The predicted octanol–water partition coefficient (Wildman–Crippen LogP) is 5.09. The third-order valence-corrected chi connectivity index (χ3v) is 4.11. The quantitative estimate of drug-likeness (QED) is 0.495. The number of para-hydroxylation sites is 1. The molecular formula is C22H18N2O4. The van der Waals surface area contributed by atoms with Gasteiger partial charge in [-0.05, 0) is 45.0 Å². The molecule has 0 unspecified atom stereocenters. The summed E-state index contributed by atoms with van der Waals surface area (Å²) < 4.78 is 17.4. The van der Waals surface area contributed by atoms with Crippen molar-refractivity contribution >= 4 is 11.0 Å². The standard InChI is InChI=1S/C22H18N2O4/c1-13-11-20(24-15(3)23-13)27-17-9-10-18-19(12-17)26-14(2)22(21(18)25)28-16-7-5-4-6-8-16/h4-12H,1-3H3. The highest BCUT2D eigenvalue weighted by molar-refractivity contribution is 5.79. The minimum Gasteiger partial charge on any atom is -0.457 e. The number of hydrogen-bond acceptors (Lipinski definition) is 6.